The lowest BCUT2D eigenvalue weighted by Gasteiger charge is -2.33. The van der Waals surface area contributed by atoms with Gasteiger partial charge in [0.25, 0.3) is 0 Å². The van der Waals surface area contributed by atoms with Gasteiger partial charge in [-0.15, -0.1) is 0 Å². The molecule has 1 aliphatic heterocycles. The van der Waals surface area contributed by atoms with Gasteiger partial charge in [-0.2, -0.15) is 0 Å². The molecule has 5 heteroatoms. The first-order chi connectivity index (χ1) is 9.15. The lowest BCUT2D eigenvalue weighted by Crippen LogP contribution is -2.57. The van der Waals surface area contributed by atoms with E-state index in [9.17, 15) is 9.90 Å². The molecule has 0 aromatic heterocycles. The van der Waals surface area contributed by atoms with E-state index < -0.39 is 11.6 Å². The number of hydrogen-bond donors (Lipinski definition) is 3. The van der Waals surface area contributed by atoms with Gasteiger partial charge in [-0.1, -0.05) is 30.3 Å². The van der Waals surface area contributed by atoms with Crippen molar-refractivity contribution in [2.45, 2.75) is 24.4 Å². The molecule has 4 N–H and O–H groups in total. The van der Waals surface area contributed by atoms with Gasteiger partial charge in [0, 0.05) is 13.2 Å². The molecule has 0 radical (unpaired) electrons. The van der Waals surface area contributed by atoms with Crippen molar-refractivity contribution in [1.82, 2.24) is 5.32 Å². The molecule has 0 unspecified atom stereocenters. The van der Waals surface area contributed by atoms with Gasteiger partial charge in [-0.3, -0.25) is 4.79 Å². The first-order valence-corrected chi connectivity index (χ1v) is 6.49. The number of nitrogens with one attached hydrogen (secondary N) is 1. The van der Waals surface area contributed by atoms with Gasteiger partial charge in [-0.25, -0.2) is 0 Å². The summed E-state index contributed by atoms with van der Waals surface area (Å²) in [5.41, 5.74) is 6.09. The van der Waals surface area contributed by atoms with Crippen LogP contribution in [0.15, 0.2) is 30.3 Å². The normalized spacial score (nSPS) is 19.7. The topological polar surface area (TPSA) is 84.6 Å². The number of hydrogen-bond acceptors (Lipinski definition) is 4. The van der Waals surface area contributed by atoms with Crippen LogP contribution >= 0.6 is 0 Å². The molecule has 1 saturated heterocycles. The van der Waals surface area contributed by atoms with E-state index in [2.05, 4.69) is 5.32 Å². The zero-order valence-electron chi connectivity index (χ0n) is 10.8. The van der Waals surface area contributed by atoms with E-state index >= 15 is 0 Å². The zero-order valence-corrected chi connectivity index (χ0v) is 10.8. The summed E-state index contributed by atoms with van der Waals surface area (Å²) in [6.45, 7) is 0.848. The largest absolute Gasteiger partial charge is 0.394 e. The third-order valence-corrected chi connectivity index (χ3v) is 3.53. The number of amides is 1. The summed E-state index contributed by atoms with van der Waals surface area (Å²) in [6.07, 6.45) is 1.01. The Balaban J connectivity index is 2.04. The van der Waals surface area contributed by atoms with Crippen LogP contribution in [0.4, 0.5) is 0 Å². The van der Waals surface area contributed by atoms with E-state index in [1.54, 1.807) is 0 Å². The Morgan fingerprint density at radius 3 is 2.58 bits per heavy atom. The van der Waals surface area contributed by atoms with E-state index in [0.29, 0.717) is 26.1 Å². The minimum absolute atomic E-state index is 0.150. The van der Waals surface area contributed by atoms with E-state index in [1.807, 2.05) is 30.3 Å². The molecule has 0 aliphatic carbocycles. The first-order valence-electron chi connectivity index (χ1n) is 6.49. The quantitative estimate of drug-likeness (QED) is 0.732. The van der Waals surface area contributed by atoms with Crippen molar-refractivity contribution >= 4 is 5.91 Å². The highest BCUT2D eigenvalue weighted by atomic mass is 16.5. The second-order valence-electron chi connectivity index (χ2n) is 4.89. The third kappa shape index (κ3) is 3.32. The van der Waals surface area contributed by atoms with Crippen LogP contribution in [0.1, 0.15) is 24.4 Å². The number of carbonyl (C=O) groups is 1. The molecule has 104 valence electrons. The van der Waals surface area contributed by atoms with Gasteiger partial charge < -0.3 is 20.9 Å². The summed E-state index contributed by atoms with van der Waals surface area (Å²) in [5, 5.41) is 12.3. The summed E-state index contributed by atoms with van der Waals surface area (Å²) < 4.78 is 5.22. The predicted molar refractivity (Wildman–Crippen MR) is 71.4 cm³/mol. The summed E-state index contributed by atoms with van der Waals surface area (Å²) in [7, 11) is 0. The number of aliphatic hydroxyl groups is 1. The maximum atomic E-state index is 12.3. The average Bonchev–Trinajstić information content (AvgIpc) is 2.46. The molecule has 1 aliphatic rings. The smallest absolute Gasteiger partial charge is 0.240 e. The Hall–Kier alpha value is -1.43. The molecule has 1 heterocycles. The van der Waals surface area contributed by atoms with E-state index in [4.69, 9.17) is 10.5 Å². The van der Waals surface area contributed by atoms with Crippen LogP contribution in [0.5, 0.6) is 0 Å². The number of rotatable bonds is 4. The highest BCUT2D eigenvalue weighted by Crippen LogP contribution is 2.20. The molecule has 1 aromatic carbocycles. The Bertz CT molecular complexity index is 416. The molecule has 0 saturated carbocycles. The summed E-state index contributed by atoms with van der Waals surface area (Å²) >= 11 is 0. The highest BCUT2D eigenvalue weighted by molar-refractivity contribution is 5.86. The van der Waals surface area contributed by atoms with Crippen LogP contribution in [-0.4, -0.2) is 36.4 Å². The summed E-state index contributed by atoms with van der Waals surface area (Å²) in [6, 6.07) is 8.95. The molecule has 19 heavy (non-hydrogen) atoms. The predicted octanol–water partition coefficient (Wildman–Crippen LogP) is 0.344. The lowest BCUT2D eigenvalue weighted by molar-refractivity contribution is -0.130. The molecule has 1 atom stereocenters. The minimum Gasteiger partial charge on any atom is -0.394 e. The first kappa shape index (κ1) is 14.0. The Morgan fingerprint density at radius 2 is 2.00 bits per heavy atom. The van der Waals surface area contributed by atoms with E-state index in [1.165, 1.54) is 0 Å². The van der Waals surface area contributed by atoms with Crippen LogP contribution in [0.25, 0.3) is 0 Å². The molecule has 0 spiro atoms. The fourth-order valence-electron chi connectivity index (χ4n) is 2.18. The Morgan fingerprint density at radius 1 is 1.37 bits per heavy atom. The van der Waals surface area contributed by atoms with Crippen LogP contribution in [0, 0.1) is 0 Å². The van der Waals surface area contributed by atoms with Crippen molar-refractivity contribution in [3.63, 3.8) is 0 Å². The fourth-order valence-corrected chi connectivity index (χ4v) is 2.18. The van der Waals surface area contributed by atoms with Crippen LogP contribution in [0.3, 0.4) is 0 Å². The number of nitrogens with two attached hydrogens (primary N) is 1. The van der Waals surface area contributed by atoms with Gasteiger partial charge >= 0.3 is 0 Å². The van der Waals surface area contributed by atoms with Crippen molar-refractivity contribution < 1.29 is 14.6 Å². The van der Waals surface area contributed by atoms with Crippen molar-refractivity contribution in [2.75, 3.05) is 19.8 Å². The zero-order chi connectivity index (χ0) is 13.7. The van der Waals surface area contributed by atoms with Crippen molar-refractivity contribution in [1.29, 1.82) is 0 Å². The van der Waals surface area contributed by atoms with Crippen LogP contribution < -0.4 is 11.1 Å². The Kier molecular flexibility index (Phi) is 4.52. The summed E-state index contributed by atoms with van der Waals surface area (Å²) in [4.78, 5) is 12.3. The van der Waals surface area contributed by atoms with Gasteiger partial charge in [0.05, 0.1) is 18.2 Å². The molecule has 1 aromatic rings. The van der Waals surface area contributed by atoms with Crippen LogP contribution in [-0.2, 0) is 9.53 Å². The average molecular weight is 264 g/mol. The third-order valence-electron chi connectivity index (χ3n) is 3.53. The number of aliphatic hydroxyl groups excluding tert-OH is 1. The Labute approximate surface area is 112 Å². The van der Waals surface area contributed by atoms with E-state index in [-0.39, 0.29) is 12.5 Å². The molecule has 1 fully saturated rings. The van der Waals surface area contributed by atoms with Crippen molar-refractivity contribution in [3.8, 4) is 0 Å². The SMILES string of the molecule is NC1(C(=O)N[C@@H](CO)c2ccccc2)CCOCC1. The maximum Gasteiger partial charge on any atom is 0.240 e. The van der Waals surface area contributed by atoms with Crippen molar-refractivity contribution in [2.24, 2.45) is 5.73 Å². The van der Waals surface area contributed by atoms with Gasteiger partial charge in [-0.05, 0) is 18.4 Å². The van der Waals surface area contributed by atoms with Crippen molar-refractivity contribution in [3.05, 3.63) is 35.9 Å². The number of ether oxygens (including phenoxy) is 1. The fraction of sp³-hybridized carbons (Fsp3) is 0.500. The van der Waals surface area contributed by atoms with Gasteiger partial charge in [0.15, 0.2) is 0 Å². The molecular weight excluding hydrogens is 244 g/mol. The molecule has 1 amide bonds. The second kappa shape index (κ2) is 6.14. The minimum atomic E-state index is -0.888. The number of benzene rings is 1. The van der Waals surface area contributed by atoms with E-state index in [0.717, 1.165) is 5.56 Å². The number of carbonyl (C=O) groups excluding carboxylic acids is 1. The monoisotopic (exact) mass is 264 g/mol. The molecule has 2 rings (SSSR count). The molecular formula is C14H20N2O3. The highest BCUT2D eigenvalue weighted by Gasteiger charge is 2.36. The summed E-state index contributed by atoms with van der Waals surface area (Å²) in [5.74, 6) is -0.223. The van der Waals surface area contributed by atoms with Crippen LogP contribution in [0.2, 0.25) is 0 Å². The van der Waals surface area contributed by atoms with Gasteiger partial charge in [0.1, 0.15) is 0 Å². The molecule has 0 bridgehead atoms. The van der Waals surface area contributed by atoms with Gasteiger partial charge in [0.2, 0.25) is 5.91 Å². The lowest BCUT2D eigenvalue weighted by atomic mass is 9.90. The molecule has 5 nitrogen and oxygen atoms in total. The maximum absolute atomic E-state index is 12.3. The standard InChI is InChI=1S/C14H20N2O3/c15-14(6-8-19-9-7-14)13(18)16-12(10-17)11-4-2-1-3-5-11/h1-5,12,17H,6-10,15H2,(H,16,18)/t12-/m0/s1. The second-order valence-corrected chi connectivity index (χ2v) is 4.89.